The van der Waals surface area contributed by atoms with Crippen molar-refractivity contribution in [2.45, 2.75) is 6.18 Å². The molecule has 0 rings (SSSR count). The minimum atomic E-state index is -5.08. The zero-order valence-electron chi connectivity index (χ0n) is 10.8. The van der Waals surface area contributed by atoms with Crippen LogP contribution in [0.4, 0.5) is 13.2 Å². The van der Waals surface area contributed by atoms with Gasteiger partial charge in [-0.1, -0.05) is 0 Å². The molecule has 8 heteroatoms. The summed E-state index contributed by atoms with van der Waals surface area (Å²) in [5.74, 6) is -1.69. The van der Waals surface area contributed by atoms with E-state index in [1.54, 1.807) is 0 Å². The Hall–Kier alpha value is -1.31. The van der Waals surface area contributed by atoms with E-state index in [9.17, 15) is 13.2 Å². The molecule has 1 N–H and O–H groups in total. The quantitative estimate of drug-likeness (QED) is 0.398. The van der Waals surface area contributed by atoms with Crippen molar-refractivity contribution in [3.05, 3.63) is 0 Å². The lowest BCUT2D eigenvalue weighted by Crippen LogP contribution is -2.48. The van der Waals surface area contributed by atoms with Gasteiger partial charge in [0.05, 0.1) is 21.1 Å². The van der Waals surface area contributed by atoms with Crippen LogP contribution in [0.2, 0.25) is 0 Å². The van der Waals surface area contributed by atoms with Crippen molar-refractivity contribution in [1.29, 1.82) is 0 Å². The first-order valence-corrected chi connectivity index (χ1v) is 4.60. The molecule has 0 bridgehead atoms. The Labute approximate surface area is 98.7 Å². The number of halogens is 3. The van der Waals surface area contributed by atoms with Crippen molar-refractivity contribution in [3.63, 3.8) is 0 Å². The van der Waals surface area contributed by atoms with Crippen molar-refractivity contribution in [2.75, 3.05) is 42.3 Å². The molecule has 0 aromatic rings. The highest BCUT2D eigenvalue weighted by Gasteiger charge is 2.38. The summed E-state index contributed by atoms with van der Waals surface area (Å²) in [5.41, 5.74) is 0. The van der Waals surface area contributed by atoms with Gasteiger partial charge in [-0.25, -0.2) is 9.79 Å². The zero-order valence-corrected chi connectivity index (χ0v) is 10.8. The van der Waals surface area contributed by atoms with Gasteiger partial charge in [0.15, 0.2) is 0 Å². The Morgan fingerprint density at radius 2 is 1.53 bits per heavy atom. The Morgan fingerprint density at radius 1 is 1.24 bits per heavy atom. The van der Waals surface area contributed by atoms with E-state index in [-0.39, 0.29) is 0 Å². The number of carbonyl (C=O) groups is 1. The lowest BCUT2D eigenvalue weighted by Gasteiger charge is -2.28. The number of alkyl halides is 3. The molecule has 0 unspecified atom stereocenters. The third kappa shape index (κ3) is 8.49. The highest BCUT2D eigenvalue weighted by atomic mass is 19.4. The summed E-state index contributed by atoms with van der Waals surface area (Å²) in [6.45, 7) is 0. The molecule has 0 saturated carbocycles. The van der Waals surface area contributed by atoms with Crippen LogP contribution in [0.25, 0.3) is 0 Å². The van der Waals surface area contributed by atoms with E-state index in [4.69, 9.17) is 9.90 Å². The maximum absolute atomic E-state index is 10.6. The minimum Gasteiger partial charge on any atom is -0.475 e. The largest absolute Gasteiger partial charge is 0.490 e. The van der Waals surface area contributed by atoms with Crippen molar-refractivity contribution in [3.8, 4) is 0 Å². The number of hydrogen-bond donors (Lipinski definition) is 1. The van der Waals surface area contributed by atoms with E-state index >= 15 is 0 Å². The van der Waals surface area contributed by atoms with Gasteiger partial charge < -0.3 is 10.0 Å². The molecule has 0 spiro atoms. The van der Waals surface area contributed by atoms with Crippen molar-refractivity contribution in [1.82, 2.24) is 4.90 Å². The number of carboxylic acid groups (broad SMARTS) is 1. The summed E-state index contributed by atoms with van der Waals surface area (Å²) in [7, 11) is 12.1. The monoisotopic (exact) mass is 258 g/mol. The third-order valence-corrected chi connectivity index (χ3v) is 1.44. The molecule has 0 aliphatic rings. The number of aliphatic carboxylic acids is 1. The van der Waals surface area contributed by atoms with Gasteiger partial charge in [-0.2, -0.15) is 13.2 Å². The lowest BCUT2D eigenvalue weighted by atomic mass is 10.6. The number of hydrogen-bond acceptors (Lipinski definition) is 2. The van der Waals surface area contributed by atoms with E-state index < -0.39 is 12.1 Å². The minimum absolute atomic E-state index is 0.767. The van der Waals surface area contributed by atoms with Crippen molar-refractivity contribution in [2.24, 2.45) is 4.99 Å². The summed E-state index contributed by atoms with van der Waals surface area (Å²) >= 11 is 0. The molecule has 102 valence electrons. The second-order valence-electron chi connectivity index (χ2n) is 4.23. The first kappa shape index (κ1) is 18.1. The first-order chi connectivity index (χ1) is 7.34. The molecule has 5 nitrogen and oxygen atoms in total. The van der Waals surface area contributed by atoms with E-state index in [0.29, 0.717) is 0 Å². The fourth-order valence-corrected chi connectivity index (χ4v) is 1.10. The zero-order chi connectivity index (χ0) is 14.4. The van der Waals surface area contributed by atoms with Crippen LogP contribution < -0.4 is 0 Å². The molecule has 0 radical (unpaired) electrons. The molecular formula is C9H19F3N3O2+. The fourth-order valence-electron chi connectivity index (χ4n) is 1.10. The maximum Gasteiger partial charge on any atom is 0.490 e. The Morgan fingerprint density at radius 3 is 1.53 bits per heavy atom. The van der Waals surface area contributed by atoms with Crippen LogP contribution in [0.15, 0.2) is 4.99 Å². The molecule has 0 aromatic carbocycles. The molecule has 0 heterocycles. The molecule has 0 atom stereocenters. The standard InChI is InChI=1S/C7H18N3.C2HF3O2/c1-8-7(9(2)3)10(4,5)6;3-2(4,5)1(6)7/h1-6H3;(H,6,7)/q+1;. The van der Waals surface area contributed by atoms with E-state index in [1.165, 1.54) is 0 Å². The van der Waals surface area contributed by atoms with Gasteiger partial charge in [0.2, 0.25) is 0 Å². The lowest BCUT2D eigenvalue weighted by molar-refractivity contribution is -0.782. The molecule has 0 amide bonds. The van der Waals surface area contributed by atoms with Gasteiger partial charge in [0.25, 0.3) is 5.96 Å². The first-order valence-electron chi connectivity index (χ1n) is 4.60. The molecule has 0 aliphatic carbocycles. The van der Waals surface area contributed by atoms with Crippen LogP contribution in [0.5, 0.6) is 0 Å². The summed E-state index contributed by atoms with van der Waals surface area (Å²) < 4.78 is 32.5. The van der Waals surface area contributed by atoms with Gasteiger partial charge in [0, 0.05) is 21.1 Å². The highest BCUT2D eigenvalue weighted by Crippen LogP contribution is 2.13. The van der Waals surface area contributed by atoms with Crippen LogP contribution in [0.3, 0.4) is 0 Å². The van der Waals surface area contributed by atoms with Crippen LogP contribution in [0, 0.1) is 0 Å². The van der Waals surface area contributed by atoms with E-state index in [0.717, 1.165) is 10.4 Å². The topological polar surface area (TPSA) is 52.9 Å². The smallest absolute Gasteiger partial charge is 0.475 e. The van der Waals surface area contributed by atoms with Gasteiger partial charge in [-0.15, -0.1) is 0 Å². The molecule has 0 aromatic heterocycles. The average molecular weight is 258 g/mol. The SMILES string of the molecule is CN=C(N(C)C)[N+](C)(C)C.O=C(O)C(F)(F)F. The summed E-state index contributed by atoms with van der Waals surface area (Å²) in [5, 5.41) is 7.12. The molecule has 17 heavy (non-hydrogen) atoms. The van der Waals surface area contributed by atoms with Gasteiger partial charge in [-0.05, 0) is 0 Å². The second-order valence-corrected chi connectivity index (χ2v) is 4.23. The normalized spacial score (nSPS) is 12.6. The number of guanidine groups is 1. The third-order valence-electron chi connectivity index (χ3n) is 1.44. The summed E-state index contributed by atoms with van der Waals surface area (Å²) in [4.78, 5) is 15.1. The number of quaternary nitrogens is 1. The molecule has 0 fully saturated rings. The van der Waals surface area contributed by atoms with E-state index in [2.05, 4.69) is 26.1 Å². The number of nitrogens with zero attached hydrogens (tertiary/aromatic N) is 3. The fraction of sp³-hybridized carbons (Fsp3) is 0.778. The molecule has 0 aliphatic heterocycles. The number of rotatable bonds is 0. The average Bonchev–Trinajstić information content (AvgIpc) is 2.00. The van der Waals surface area contributed by atoms with E-state index in [1.807, 2.05) is 26.0 Å². The predicted molar refractivity (Wildman–Crippen MR) is 58.8 cm³/mol. The van der Waals surface area contributed by atoms with Gasteiger partial charge >= 0.3 is 12.1 Å². The number of carboxylic acids is 1. The Bertz CT molecular complexity index is 280. The highest BCUT2D eigenvalue weighted by molar-refractivity contribution is 5.73. The van der Waals surface area contributed by atoms with Crippen LogP contribution in [-0.4, -0.2) is 74.9 Å². The van der Waals surface area contributed by atoms with Gasteiger partial charge in [-0.3, -0.25) is 4.48 Å². The van der Waals surface area contributed by atoms with Crippen LogP contribution in [-0.2, 0) is 4.79 Å². The molecular weight excluding hydrogens is 239 g/mol. The van der Waals surface area contributed by atoms with Gasteiger partial charge in [0.1, 0.15) is 0 Å². The van der Waals surface area contributed by atoms with Crippen molar-refractivity contribution >= 4 is 11.9 Å². The number of aliphatic imine (C=N–C) groups is 1. The van der Waals surface area contributed by atoms with Crippen LogP contribution >= 0.6 is 0 Å². The van der Waals surface area contributed by atoms with Crippen LogP contribution in [0.1, 0.15) is 0 Å². The predicted octanol–water partition coefficient (Wildman–Crippen LogP) is 0.873. The second kappa shape index (κ2) is 6.43. The van der Waals surface area contributed by atoms with Crippen molar-refractivity contribution < 1.29 is 27.6 Å². The summed E-state index contributed by atoms with van der Waals surface area (Å²) in [6, 6.07) is 0. The Kier molecular flexibility index (Phi) is 6.83. The maximum atomic E-state index is 10.6. The Balaban J connectivity index is 0. The molecule has 0 saturated heterocycles. The summed E-state index contributed by atoms with van der Waals surface area (Å²) in [6.07, 6.45) is -5.08.